The summed E-state index contributed by atoms with van der Waals surface area (Å²) < 4.78 is 10.9. The Hall–Kier alpha value is -0.770. The van der Waals surface area contributed by atoms with E-state index in [9.17, 15) is 0 Å². The molecule has 0 aromatic heterocycles. The summed E-state index contributed by atoms with van der Waals surface area (Å²) in [5.41, 5.74) is 1.14. The Morgan fingerprint density at radius 1 is 1.26 bits per heavy atom. The van der Waals surface area contributed by atoms with Crippen LogP contribution in [0, 0.1) is 0 Å². The molecule has 0 heterocycles. The monoisotopic (exact) mass is 285 g/mol. The predicted octanol–water partition coefficient (Wildman–Crippen LogP) is 3.81. The lowest BCUT2D eigenvalue weighted by atomic mass is 9.97. The number of likely N-dealkylation sites (N-methyl/N-ethyl adjacent to an activating group) is 1. The zero-order valence-corrected chi connectivity index (χ0v) is 13.0. The van der Waals surface area contributed by atoms with Crippen molar-refractivity contribution >= 4 is 11.6 Å². The van der Waals surface area contributed by atoms with E-state index in [1.54, 1.807) is 14.2 Å². The van der Waals surface area contributed by atoms with Crippen LogP contribution >= 0.6 is 11.6 Å². The molecule has 3 nitrogen and oxygen atoms in total. The highest BCUT2D eigenvalue weighted by atomic mass is 35.5. The molecule has 0 amide bonds. The number of ether oxygens (including phenoxy) is 2. The van der Waals surface area contributed by atoms with Gasteiger partial charge in [-0.2, -0.15) is 0 Å². The second-order valence-corrected chi connectivity index (χ2v) is 4.90. The van der Waals surface area contributed by atoms with Crippen LogP contribution in [0.3, 0.4) is 0 Å². The van der Waals surface area contributed by atoms with Crippen molar-refractivity contribution in [3.8, 4) is 5.75 Å². The highest BCUT2D eigenvalue weighted by Crippen LogP contribution is 2.30. The molecular formula is C15H24ClNO2. The molecule has 19 heavy (non-hydrogen) atoms. The van der Waals surface area contributed by atoms with Gasteiger partial charge in [0.25, 0.3) is 0 Å². The summed E-state index contributed by atoms with van der Waals surface area (Å²) in [6, 6.07) is 6.04. The Labute approximate surface area is 121 Å². The predicted molar refractivity (Wildman–Crippen MR) is 80.1 cm³/mol. The first kappa shape index (κ1) is 16.3. The molecule has 4 heteroatoms. The molecule has 1 N–H and O–H groups in total. The number of nitrogens with one attached hydrogen (secondary N) is 1. The number of methoxy groups -OCH3 is 2. The lowest BCUT2D eigenvalue weighted by molar-refractivity contribution is 0.0610. The fraction of sp³-hybridized carbons (Fsp3) is 0.600. The third kappa shape index (κ3) is 4.37. The van der Waals surface area contributed by atoms with Gasteiger partial charge in [-0.1, -0.05) is 37.9 Å². The maximum atomic E-state index is 6.08. The van der Waals surface area contributed by atoms with E-state index >= 15 is 0 Å². The Balaban J connectivity index is 3.03. The van der Waals surface area contributed by atoms with Gasteiger partial charge in [0.15, 0.2) is 0 Å². The lowest BCUT2D eigenvalue weighted by Gasteiger charge is -2.27. The first-order valence-corrected chi connectivity index (χ1v) is 7.15. The Morgan fingerprint density at radius 3 is 2.53 bits per heavy atom. The van der Waals surface area contributed by atoms with Gasteiger partial charge in [-0.05, 0) is 30.7 Å². The molecule has 1 aromatic carbocycles. The highest BCUT2D eigenvalue weighted by molar-refractivity contribution is 6.32. The summed E-state index contributed by atoms with van der Waals surface area (Å²) in [6.45, 7) is 5.15. The Bertz CT molecular complexity index is 384. The Kier molecular flexibility index (Phi) is 7.21. The highest BCUT2D eigenvalue weighted by Gasteiger charge is 2.22. The third-order valence-electron chi connectivity index (χ3n) is 3.21. The van der Waals surface area contributed by atoms with Crippen LogP contribution in [0.15, 0.2) is 18.2 Å². The van der Waals surface area contributed by atoms with Crippen molar-refractivity contribution in [1.29, 1.82) is 0 Å². The standard InChI is InChI=1S/C15H24ClNO2/c1-5-7-13(18-3)15(17-6-2)11-8-9-12(16)14(10-11)19-4/h8-10,13,15,17H,5-7H2,1-4H3. The maximum Gasteiger partial charge on any atom is 0.137 e. The van der Waals surface area contributed by atoms with Gasteiger partial charge in [0.1, 0.15) is 5.75 Å². The number of benzene rings is 1. The van der Waals surface area contributed by atoms with Crippen molar-refractivity contribution in [2.75, 3.05) is 20.8 Å². The second kappa shape index (κ2) is 8.41. The molecule has 0 aliphatic rings. The van der Waals surface area contributed by atoms with Crippen LogP contribution in [0.2, 0.25) is 5.02 Å². The number of rotatable bonds is 8. The van der Waals surface area contributed by atoms with Crippen molar-refractivity contribution in [2.45, 2.75) is 38.8 Å². The Morgan fingerprint density at radius 2 is 2.00 bits per heavy atom. The average molecular weight is 286 g/mol. The van der Waals surface area contributed by atoms with E-state index in [1.807, 2.05) is 18.2 Å². The lowest BCUT2D eigenvalue weighted by Crippen LogP contribution is -2.33. The minimum Gasteiger partial charge on any atom is -0.495 e. The molecule has 0 aliphatic heterocycles. The molecule has 0 aliphatic carbocycles. The van der Waals surface area contributed by atoms with Crippen molar-refractivity contribution in [3.05, 3.63) is 28.8 Å². The molecule has 1 aromatic rings. The zero-order valence-electron chi connectivity index (χ0n) is 12.2. The van der Waals surface area contributed by atoms with Gasteiger partial charge in [0.05, 0.1) is 24.3 Å². The van der Waals surface area contributed by atoms with Crippen LogP contribution in [0.25, 0.3) is 0 Å². The summed E-state index contributed by atoms with van der Waals surface area (Å²) in [7, 11) is 3.39. The third-order valence-corrected chi connectivity index (χ3v) is 3.52. The van der Waals surface area contributed by atoms with Crippen LogP contribution in [-0.2, 0) is 4.74 Å². The molecule has 0 bridgehead atoms. The normalized spacial score (nSPS) is 14.2. The van der Waals surface area contributed by atoms with Crippen LogP contribution < -0.4 is 10.1 Å². The van der Waals surface area contributed by atoms with Gasteiger partial charge in [-0.3, -0.25) is 0 Å². The molecular weight excluding hydrogens is 262 g/mol. The minimum atomic E-state index is 0.149. The van der Waals surface area contributed by atoms with E-state index in [4.69, 9.17) is 21.1 Å². The molecule has 108 valence electrons. The van der Waals surface area contributed by atoms with Gasteiger partial charge < -0.3 is 14.8 Å². The summed E-state index contributed by atoms with van der Waals surface area (Å²) >= 11 is 6.08. The summed E-state index contributed by atoms with van der Waals surface area (Å²) in [4.78, 5) is 0. The van der Waals surface area contributed by atoms with Crippen LogP contribution in [0.4, 0.5) is 0 Å². The van der Waals surface area contributed by atoms with E-state index in [2.05, 4.69) is 19.2 Å². The van der Waals surface area contributed by atoms with Crippen molar-refractivity contribution in [3.63, 3.8) is 0 Å². The summed E-state index contributed by atoms with van der Waals surface area (Å²) in [5.74, 6) is 0.702. The quantitative estimate of drug-likeness (QED) is 0.788. The van der Waals surface area contributed by atoms with E-state index in [0.717, 1.165) is 24.9 Å². The van der Waals surface area contributed by atoms with Gasteiger partial charge in [-0.25, -0.2) is 0 Å². The van der Waals surface area contributed by atoms with Gasteiger partial charge in [-0.15, -0.1) is 0 Å². The SMILES string of the molecule is CCCC(OC)C(NCC)c1ccc(Cl)c(OC)c1. The van der Waals surface area contributed by atoms with E-state index in [1.165, 1.54) is 0 Å². The van der Waals surface area contributed by atoms with Crippen LogP contribution in [0.1, 0.15) is 38.3 Å². The van der Waals surface area contributed by atoms with Crippen LogP contribution in [-0.4, -0.2) is 26.9 Å². The van der Waals surface area contributed by atoms with Gasteiger partial charge >= 0.3 is 0 Å². The number of halogens is 1. The zero-order chi connectivity index (χ0) is 14.3. The topological polar surface area (TPSA) is 30.5 Å². The fourth-order valence-corrected chi connectivity index (χ4v) is 2.45. The second-order valence-electron chi connectivity index (χ2n) is 4.49. The van der Waals surface area contributed by atoms with E-state index < -0.39 is 0 Å². The average Bonchev–Trinajstić information content (AvgIpc) is 2.43. The molecule has 2 atom stereocenters. The summed E-state index contributed by atoms with van der Waals surface area (Å²) in [5, 5.41) is 4.11. The first-order valence-electron chi connectivity index (χ1n) is 6.77. The van der Waals surface area contributed by atoms with Crippen molar-refractivity contribution in [1.82, 2.24) is 5.32 Å². The van der Waals surface area contributed by atoms with Crippen molar-refractivity contribution in [2.24, 2.45) is 0 Å². The molecule has 0 radical (unpaired) electrons. The van der Waals surface area contributed by atoms with Gasteiger partial charge in [0, 0.05) is 7.11 Å². The molecule has 2 unspecified atom stereocenters. The number of hydrogen-bond acceptors (Lipinski definition) is 3. The van der Waals surface area contributed by atoms with Crippen molar-refractivity contribution < 1.29 is 9.47 Å². The van der Waals surface area contributed by atoms with Crippen LogP contribution in [0.5, 0.6) is 5.75 Å². The largest absolute Gasteiger partial charge is 0.495 e. The van der Waals surface area contributed by atoms with E-state index in [-0.39, 0.29) is 12.1 Å². The summed E-state index contributed by atoms with van der Waals surface area (Å²) in [6.07, 6.45) is 2.25. The maximum absolute atomic E-state index is 6.08. The number of hydrogen-bond donors (Lipinski definition) is 1. The molecule has 0 spiro atoms. The fourth-order valence-electron chi connectivity index (χ4n) is 2.26. The molecule has 1 rings (SSSR count). The molecule has 0 fully saturated rings. The molecule has 0 saturated heterocycles. The van der Waals surface area contributed by atoms with Gasteiger partial charge in [0.2, 0.25) is 0 Å². The first-order chi connectivity index (χ1) is 9.17. The van der Waals surface area contributed by atoms with E-state index in [0.29, 0.717) is 10.8 Å². The smallest absolute Gasteiger partial charge is 0.137 e. The minimum absolute atomic E-state index is 0.149. The molecule has 0 saturated carbocycles.